The lowest BCUT2D eigenvalue weighted by atomic mass is 10.00. The average Bonchev–Trinajstić information content (AvgIpc) is 3.37. The summed E-state index contributed by atoms with van der Waals surface area (Å²) < 4.78 is 23.3. The highest BCUT2D eigenvalue weighted by atomic mass is 31.2. The fourth-order valence-electron chi connectivity index (χ4n) is 3.42. The Morgan fingerprint density at radius 1 is 1.03 bits per heavy atom. The van der Waals surface area contributed by atoms with Crippen molar-refractivity contribution in [1.29, 1.82) is 0 Å². The second-order valence-corrected chi connectivity index (χ2v) is 9.12. The number of aromatic nitrogens is 4. The predicted molar refractivity (Wildman–Crippen MR) is 124 cm³/mol. The number of benzene rings is 3. The van der Waals surface area contributed by atoms with Crippen LogP contribution in [0.2, 0.25) is 0 Å². The Bertz CT molecular complexity index is 1200. The molecule has 1 aromatic heterocycles. The minimum atomic E-state index is -3.94. The summed E-state index contributed by atoms with van der Waals surface area (Å²) in [4.78, 5) is 10.3. The van der Waals surface area contributed by atoms with Crippen LogP contribution in [0.3, 0.4) is 0 Å². The molecule has 2 unspecified atom stereocenters. The maximum absolute atomic E-state index is 12.6. The normalized spacial score (nSPS) is 13.8. The smallest absolute Gasteiger partial charge is 0.390 e. The molecule has 33 heavy (non-hydrogen) atoms. The number of rotatable bonds is 10. The third-order valence-corrected chi connectivity index (χ3v) is 6.11. The van der Waals surface area contributed by atoms with E-state index in [1.54, 1.807) is 37.4 Å². The second-order valence-electron chi connectivity index (χ2n) is 7.34. The van der Waals surface area contributed by atoms with E-state index in [-0.39, 0.29) is 6.29 Å². The van der Waals surface area contributed by atoms with Gasteiger partial charge < -0.3 is 14.2 Å². The molecule has 0 aliphatic rings. The number of aromatic amines is 1. The summed E-state index contributed by atoms with van der Waals surface area (Å²) in [7, 11) is -2.29. The van der Waals surface area contributed by atoms with Gasteiger partial charge in [0.05, 0.1) is 13.2 Å². The standard InChI is InChI=1S/C23H24N5O4P/c1-31-22-10-6-5-9-20(22)18-13-11-17(12-14-18)15-21(23-25-27-28-26-23)24-16-33(29,30)32-19-7-3-2-4-8-19/h2-14,21,24H,15-16H2,1H3,(H,29,30)(H,25,26,27,28). The quantitative estimate of drug-likeness (QED) is 0.301. The molecule has 10 heteroatoms. The Labute approximate surface area is 191 Å². The van der Waals surface area contributed by atoms with Crippen LogP contribution in [0.5, 0.6) is 11.5 Å². The Balaban J connectivity index is 1.46. The van der Waals surface area contributed by atoms with E-state index in [0.29, 0.717) is 18.0 Å². The molecule has 0 aliphatic carbocycles. The van der Waals surface area contributed by atoms with Crippen molar-refractivity contribution in [2.45, 2.75) is 12.5 Å². The maximum atomic E-state index is 12.6. The van der Waals surface area contributed by atoms with Crippen molar-refractivity contribution in [2.24, 2.45) is 0 Å². The van der Waals surface area contributed by atoms with Crippen LogP contribution in [0.15, 0.2) is 78.9 Å². The lowest BCUT2D eigenvalue weighted by Gasteiger charge is -2.19. The average molecular weight is 465 g/mol. The van der Waals surface area contributed by atoms with E-state index in [4.69, 9.17) is 9.26 Å². The summed E-state index contributed by atoms with van der Waals surface area (Å²) in [5, 5.41) is 17.0. The van der Waals surface area contributed by atoms with Crippen molar-refractivity contribution in [3.05, 3.63) is 90.3 Å². The lowest BCUT2D eigenvalue weighted by Crippen LogP contribution is -2.26. The van der Waals surface area contributed by atoms with Gasteiger partial charge in [-0.2, -0.15) is 0 Å². The van der Waals surface area contributed by atoms with E-state index >= 15 is 0 Å². The molecule has 0 spiro atoms. The van der Waals surface area contributed by atoms with Gasteiger partial charge in [-0.15, -0.1) is 5.10 Å². The molecule has 3 N–H and O–H groups in total. The molecular formula is C23H24N5O4P. The van der Waals surface area contributed by atoms with Gasteiger partial charge in [0.1, 0.15) is 17.8 Å². The zero-order valence-corrected chi connectivity index (χ0v) is 18.9. The molecule has 4 rings (SSSR count). The van der Waals surface area contributed by atoms with E-state index in [2.05, 4.69) is 25.9 Å². The van der Waals surface area contributed by atoms with Crippen LogP contribution in [-0.2, 0) is 11.0 Å². The molecule has 4 aromatic rings. The highest BCUT2D eigenvalue weighted by Gasteiger charge is 2.25. The highest BCUT2D eigenvalue weighted by Crippen LogP contribution is 2.41. The molecular weight excluding hydrogens is 441 g/mol. The maximum Gasteiger partial charge on any atom is 0.390 e. The Morgan fingerprint density at radius 2 is 1.76 bits per heavy atom. The SMILES string of the molecule is COc1ccccc1-c1ccc(CC(NCP(=O)(O)Oc2ccccc2)c2nnn[nH]2)cc1. The third-order valence-electron chi connectivity index (χ3n) is 5.03. The van der Waals surface area contributed by atoms with E-state index in [0.717, 1.165) is 22.4 Å². The fraction of sp³-hybridized carbons (Fsp3) is 0.174. The van der Waals surface area contributed by atoms with Crippen molar-refractivity contribution in [3.8, 4) is 22.6 Å². The summed E-state index contributed by atoms with van der Waals surface area (Å²) >= 11 is 0. The molecule has 0 aliphatic heterocycles. The number of H-pyrrole nitrogens is 1. The van der Waals surface area contributed by atoms with Gasteiger partial charge in [0.2, 0.25) is 0 Å². The predicted octanol–water partition coefficient (Wildman–Crippen LogP) is 3.97. The third kappa shape index (κ3) is 6.04. The van der Waals surface area contributed by atoms with Gasteiger partial charge in [-0.1, -0.05) is 60.7 Å². The van der Waals surface area contributed by atoms with Crippen molar-refractivity contribution >= 4 is 7.60 Å². The summed E-state index contributed by atoms with van der Waals surface area (Å²) in [6, 6.07) is 24.0. The summed E-state index contributed by atoms with van der Waals surface area (Å²) in [5.74, 6) is 1.59. The van der Waals surface area contributed by atoms with Gasteiger partial charge in [-0.25, -0.2) is 9.66 Å². The first-order valence-electron chi connectivity index (χ1n) is 10.3. The van der Waals surface area contributed by atoms with Crippen LogP contribution >= 0.6 is 7.60 Å². The van der Waals surface area contributed by atoms with Crippen LogP contribution in [0.25, 0.3) is 11.1 Å². The number of hydrogen-bond donors (Lipinski definition) is 3. The summed E-state index contributed by atoms with van der Waals surface area (Å²) in [6.07, 6.45) is 0.223. The molecule has 170 valence electrons. The monoisotopic (exact) mass is 465 g/mol. The minimum Gasteiger partial charge on any atom is -0.496 e. The van der Waals surface area contributed by atoms with E-state index in [1.165, 1.54) is 0 Å². The molecule has 9 nitrogen and oxygen atoms in total. The number of ether oxygens (including phenoxy) is 1. The molecule has 2 atom stereocenters. The van der Waals surface area contributed by atoms with Crippen molar-refractivity contribution in [1.82, 2.24) is 25.9 Å². The largest absolute Gasteiger partial charge is 0.496 e. The van der Waals surface area contributed by atoms with E-state index < -0.39 is 13.6 Å². The highest BCUT2D eigenvalue weighted by molar-refractivity contribution is 7.53. The van der Waals surface area contributed by atoms with Crippen LogP contribution in [-0.4, -0.2) is 38.9 Å². The van der Waals surface area contributed by atoms with Gasteiger partial charge in [-0.05, 0) is 46.2 Å². The van der Waals surface area contributed by atoms with Crippen molar-refractivity contribution < 1.29 is 18.7 Å². The number of tetrazole rings is 1. The first-order valence-corrected chi connectivity index (χ1v) is 12.1. The molecule has 0 fully saturated rings. The Morgan fingerprint density at radius 3 is 2.45 bits per heavy atom. The number of para-hydroxylation sites is 2. The van der Waals surface area contributed by atoms with E-state index in [1.807, 2.05) is 48.5 Å². The van der Waals surface area contributed by atoms with Crippen molar-refractivity contribution in [3.63, 3.8) is 0 Å². The first kappa shape index (κ1) is 22.7. The Kier molecular flexibility index (Phi) is 7.14. The summed E-state index contributed by atoms with van der Waals surface area (Å²) in [6.45, 7) is 0. The zero-order valence-electron chi connectivity index (χ0n) is 18.0. The van der Waals surface area contributed by atoms with Gasteiger partial charge >= 0.3 is 7.60 Å². The van der Waals surface area contributed by atoms with Gasteiger partial charge in [0, 0.05) is 5.56 Å². The van der Waals surface area contributed by atoms with Crippen LogP contribution in [0.4, 0.5) is 0 Å². The topological polar surface area (TPSA) is 122 Å². The number of methoxy groups -OCH3 is 1. The molecule has 0 saturated heterocycles. The number of nitrogens with one attached hydrogen (secondary N) is 2. The van der Waals surface area contributed by atoms with Crippen molar-refractivity contribution in [2.75, 3.05) is 13.4 Å². The minimum absolute atomic E-state index is 0.271. The van der Waals surface area contributed by atoms with Crippen LogP contribution in [0.1, 0.15) is 17.4 Å². The molecule has 1 heterocycles. The number of nitrogens with zero attached hydrogens (tertiary/aromatic N) is 3. The molecule has 0 saturated carbocycles. The van der Waals surface area contributed by atoms with Gasteiger partial charge in [-0.3, -0.25) is 5.32 Å². The second kappa shape index (κ2) is 10.4. The van der Waals surface area contributed by atoms with Gasteiger partial charge in [0.25, 0.3) is 0 Å². The summed E-state index contributed by atoms with van der Waals surface area (Å²) in [5.41, 5.74) is 3.03. The molecule has 0 radical (unpaired) electrons. The zero-order chi connectivity index (χ0) is 23.1. The van der Waals surface area contributed by atoms with Gasteiger partial charge in [0.15, 0.2) is 5.82 Å². The lowest BCUT2D eigenvalue weighted by molar-refractivity contribution is 0.368. The fourth-order valence-corrected chi connectivity index (χ4v) is 4.39. The molecule has 3 aromatic carbocycles. The molecule has 0 bridgehead atoms. The van der Waals surface area contributed by atoms with Crippen LogP contribution < -0.4 is 14.6 Å². The Hall–Kier alpha value is -3.52. The number of hydrogen-bond acceptors (Lipinski definition) is 7. The van der Waals surface area contributed by atoms with Crippen LogP contribution in [0, 0.1) is 0 Å². The first-order chi connectivity index (χ1) is 16.0. The van der Waals surface area contributed by atoms with E-state index in [9.17, 15) is 9.46 Å². The molecule has 0 amide bonds.